The molecule has 0 aliphatic carbocycles. The van der Waals surface area contributed by atoms with Crippen LogP contribution in [0.15, 0.2) is 61.7 Å². The van der Waals surface area contributed by atoms with Gasteiger partial charge in [0, 0.05) is 50.9 Å². The number of aromatic nitrogens is 6. The molecule has 0 aliphatic heterocycles. The number of aliphatic hydroxyl groups is 2. The topological polar surface area (TPSA) is 151 Å². The van der Waals surface area contributed by atoms with Gasteiger partial charge in [0.25, 0.3) is 0 Å². The summed E-state index contributed by atoms with van der Waals surface area (Å²) in [5.74, 6) is 0.0840. The summed E-state index contributed by atoms with van der Waals surface area (Å²) in [5.41, 5.74) is -3.87. The average Bonchev–Trinajstić information content (AvgIpc) is 3.69. The van der Waals surface area contributed by atoms with E-state index in [-0.39, 0.29) is 46.1 Å². The Kier molecular flexibility index (Phi) is 12.6. The maximum Gasteiger partial charge on any atom is 0.211 e. The minimum absolute atomic E-state index is 0.0523. The summed E-state index contributed by atoms with van der Waals surface area (Å²) < 4.78 is 30.6. The van der Waals surface area contributed by atoms with Crippen molar-refractivity contribution in [3.05, 3.63) is 92.9 Å². The van der Waals surface area contributed by atoms with E-state index in [1.165, 1.54) is 63.2 Å². The second-order valence-corrected chi connectivity index (χ2v) is 16.4. The van der Waals surface area contributed by atoms with Crippen LogP contribution in [0.25, 0.3) is 0 Å². The van der Waals surface area contributed by atoms with E-state index in [1.807, 2.05) is 27.7 Å². The Balaban J connectivity index is 2.13. The first-order valence-electron chi connectivity index (χ1n) is 15.2. The Morgan fingerprint density at radius 2 is 1.29 bits per heavy atom. The summed E-state index contributed by atoms with van der Waals surface area (Å²) in [6.07, 6.45) is 6.37. The molecule has 0 saturated carbocycles. The molecular formula is C31H40Cl4N8O4S. The van der Waals surface area contributed by atoms with Crippen LogP contribution < -0.4 is 5.32 Å². The van der Waals surface area contributed by atoms with Gasteiger partial charge in [0.15, 0.2) is 0 Å². The van der Waals surface area contributed by atoms with Gasteiger partial charge >= 0.3 is 0 Å². The molecule has 2 aromatic heterocycles. The van der Waals surface area contributed by atoms with Gasteiger partial charge in [-0.05, 0) is 42.6 Å². The van der Waals surface area contributed by atoms with Gasteiger partial charge in [0.1, 0.15) is 48.6 Å². The minimum atomic E-state index is -3.91. The summed E-state index contributed by atoms with van der Waals surface area (Å²) in [4.78, 5) is 8.34. The van der Waals surface area contributed by atoms with Crippen LogP contribution in [0.2, 0.25) is 20.1 Å². The van der Waals surface area contributed by atoms with Gasteiger partial charge in [-0.15, -0.1) is 0 Å². The quantitative estimate of drug-likeness (QED) is 0.140. The number of nitrogens with zero attached hydrogens (tertiary/aromatic N) is 7. The average molecular weight is 763 g/mol. The first-order chi connectivity index (χ1) is 22.5. The van der Waals surface area contributed by atoms with E-state index >= 15 is 0 Å². The lowest BCUT2D eigenvalue weighted by molar-refractivity contribution is -0.117. The Bertz CT molecular complexity index is 1760. The maximum atomic E-state index is 13.4. The lowest BCUT2D eigenvalue weighted by Gasteiger charge is -2.48. The fourth-order valence-electron chi connectivity index (χ4n) is 5.89. The Labute approximate surface area is 301 Å². The molecule has 0 bridgehead atoms. The van der Waals surface area contributed by atoms with Crippen molar-refractivity contribution in [2.45, 2.75) is 51.0 Å². The van der Waals surface area contributed by atoms with Gasteiger partial charge in [-0.2, -0.15) is 14.5 Å². The van der Waals surface area contributed by atoms with Crippen molar-refractivity contribution >= 4 is 56.4 Å². The van der Waals surface area contributed by atoms with E-state index in [2.05, 4.69) is 25.5 Å². The van der Waals surface area contributed by atoms with Crippen molar-refractivity contribution in [3.8, 4) is 0 Å². The molecule has 2 heterocycles. The van der Waals surface area contributed by atoms with Crippen LogP contribution >= 0.6 is 46.4 Å². The van der Waals surface area contributed by atoms with Gasteiger partial charge in [-0.3, -0.25) is 0 Å². The van der Waals surface area contributed by atoms with Gasteiger partial charge in [0.05, 0.1) is 6.26 Å². The molecule has 4 aromatic rings. The third kappa shape index (κ3) is 8.69. The molecule has 0 aliphatic rings. The van der Waals surface area contributed by atoms with Gasteiger partial charge in [-0.1, -0.05) is 86.2 Å². The third-order valence-corrected chi connectivity index (χ3v) is 10.2. The van der Waals surface area contributed by atoms with Crippen molar-refractivity contribution in [2.75, 3.05) is 32.4 Å². The highest BCUT2D eigenvalue weighted by molar-refractivity contribution is 7.88. The number of hydrogen-bond acceptors (Lipinski definition) is 9. The zero-order chi connectivity index (χ0) is 35.4. The van der Waals surface area contributed by atoms with E-state index in [0.717, 1.165) is 6.26 Å². The number of sulfonamides is 1. The highest BCUT2D eigenvalue weighted by atomic mass is 35.5. The summed E-state index contributed by atoms with van der Waals surface area (Å²) in [7, 11) is -3.91. The van der Waals surface area contributed by atoms with Crippen LogP contribution in [0.4, 0.5) is 0 Å². The van der Waals surface area contributed by atoms with Gasteiger partial charge < -0.3 is 15.5 Å². The first-order valence-corrected chi connectivity index (χ1v) is 18.5. The molecule has 0 amide bonds. The van der Waals surface area contributed by atoms with Gasteiger partial charge in [0.2, 0.25) is 10.0 Å². The molecule has 0 radical (unpaired) electrons. The molecule has 2 aromatic carbocycles. The number of hydrogen-bond donors (Lipinski definition) is 3. The lowest BCUT2D eigenvalue weighted by atomic mass is 9.73. The molecule has 3 N–H and O–H groups in total. The number of rotatable bonds is 16. The van der Waals surface area contributed by atoms with E-state index < -0.39 is 39.9 Å². The number of halogens is 4. The zero-order valence-corrected chi connectivity index (χ0v) is 31.0. The predicted octanol–water partition coefficient (Wildman–Crippen LogP) is 5.20. The monoisotopic (exact) mass is 760 g/mol. The summed E-state index contributed by atoms with van der Waals surface area (Å²) in [6, 6.07) is 6.52. The normalized spacial score (nSPS) is 16.3. The smallest absolute Gasteiger partial charge is 0.211 e. The molecule has 0 fully saturated rings. The summed E-state index contributed by atoms with van der Waals surface area (Å²) in [5, 5.41) is 39.6. The van der Waals surface area contributed by atoms with Crippen LogP contribution in [0.3, 0.4) is 0 Å². The second kappa shape index (κ2) is 15.7. The fourth-order valence-corrected chi connectivity index (χ4v) is 8.04. The van der Waals surface area contributed by atoms with E-state index in [0.29, 0.717) is 16.6 Å². The molecule has 0 spiro atoms. The molecule has 4 atom stereocenters. The predicted molar refractivity (Wildman–Crippen MR) is 188 cm³/mol. The fraction of sp³-hybridized carbons (Fsp3) is 0.484. The molecule has 12 nitrogen and oxygen atoms in total. The Morgan fingerprint density at radius 1 is 0.812 bits per heavy atom. The van der Waals surface area contributed by atoms with E-state index in [9.17, 15) is 18.6 Å². The van der Waals surface area contributed by atoms with Crippen molar-refractivity contribution in [1.29, 1.82) is 0 Å². The molecule has 4 unspecified atom stereocenters. The number of benzene rings is 2. The molecule has 17 heteroatoms. The van der Waals surface area contributed by atoms with Crippen molar-refractivity contribution < 1.29 is 18.6 Å². The second-order valence-electron chi connectivity index (χ2n) is 12.7. The minimum Gasteiger partial charge on any atom is -0.381 e. The Morgan fingerprint density at radius 3 is 1.69 bits per heavy atom. The first kappa shape index (κ1) is 38.5. The van der Waals surface area contributed by atoms with Crippen LogP contribution in [0.1, 0.15) is 50.9 Å². The van der Waals surface area contributed by atoms with E-state index in [4.69, 9.17) is 46.4 Å². The maximum absolute atomic E-state index is 13.4. The highest BCUT2D eigenvalue weighted by Gasteiger charge is 2.56. The third-order valence-electron chi connectivity index (χ3n) is 7.92. The van der Waals surface area contributed by atoms with Gasteiger partial charge in [-0.25, -0.2) is 27.7 Å². The lowest BCUT2D eigenvalue weighted by Crippen LogP contribution is -2.57. The number of nitrogens with one attached hydrogen (secondary N) is 1. The molecular weight excluding hydrogens is 722 g/mol. The highest BCUT2D eigenvalue weighted by Crippen LogP contribution is 2.51. The Hall–Kier alpha value is -2.33. The zero-order valence-electron chi connectivity index (χ0n) is 27.2. The van der Waals surface area contributed by atoms with Crippen molar-refractivity contribution in [3.63, 3.8) is 0 Å². The van der Waals surface area contributed by atoms with E-state index in [1.54, 1.807) is 12.1 Å². The van der Waals surface area contributed by atoms with Crippen molar-refractivity contribution in [2.24, 2.45) is 11.8 Å². The molecule has 0 saturated heterocycles. The SMILES string of the molecule is CC(C)CNCC(O)(c1ccc(Cl)cc1Cl)C(C(n1cncn1)C(O)(CN(CC(C)C)S(C)(=O)=O)c1ccc(Cl)cc1Cl)n1cncn1. The van der Waals surface area contributed by atoms with Crippen LogP contribution in [0.5, 0.6) is 0 Å². The van der Waals surface area contributed by atoms with Crippen molar-refractivity contribution in [1.82, 2.24) is 39.2 Å². The van der Waals surface area contributed by atoms with Crippen LogP contribution in [0, 0.1) is 11.8 Å². The summed E-state index contributed by atoms with van der Waals surface area (Å²) >= 11 is 26.3. The molecule has 48 heavy (non-hydrogen) atoms. The molecule has 262 valence electrons. The summed E-state index contributed by atoms with van der Waals surface area (Å²) in [6.45, 7) is 7.72. The van der Waals surface area contributed by atoms with Crippen LogP contribution in [-0.2, 0) is 21.2 Å². The largest absolute Gasteiger partial charge is 0.381 e. The standard InChI is InChI=1S/C31H40Cl4N8O4S/c1-20(2)12-36-14-30(44,24-8-6-22(32)10-26(24)34)28(42-18-37-16-39-42)29(43-19-38-17-40-43)31(45,25-9-7-23(33)11-27(25)35)15-41(13-21(3)4)48(5,46)47/h6-11,16-21,28-29,36,44-45H,12-15H2,1-5H3. The molecule has 4 rings (SSSR count). The van der Waals surface area contributed by atoms with Crippen LogP contribution in [-0.4, -0.2) is 84.9 Å².